The van der Waals surface area contributed by atoms with Crippen LogP contribution in [0.3, 0.4) is 0 Å². The van der Waals surface area contributed by atoms with E-state index < -0.39 is 0 Å². The van der Waals surface area contributed by atoms with E-state index in [1.807, 2.05) is 48.2 Å². The van der Waals surface area contributed by atoms with Crippen molar-refractivity contribution in [2.75, 3.05) is 12.4 Å². The van der Waals surface area contributed by atoms with Gasteiger partial charge in [0.15, 0.2) is 0 Å². The summed E-state index contributed by atoms with van der Waals surface area (Å²) < 4.78 is 5.62. The minimum absolute atomic E-state index is 0.749. The monoisotopic (exact) mass is 257 g/mol. The van der Waals surface area contributed by atoms with Gasteiger partial charge in [-0.25, -0.2) is 0 Å². The van der Waals surface area contributed by atoms with E-state index in [4.69, 9.17) is 4.74 Å². The summed E-state index contributed by atoms with van der Waals surface area (Å²) in [6.45, 7) is 0.749. The first-order chi connectivity index (χ1) is 8.95. The highest BCUT2D eigenvalue weighted by molar-refractivity contribution is 7.99. The van der Waals surface area contributed by atoms with Gasteiger partial charge in [0.05, 0.1) is 6.61 Å². The molecule has 0 aliphatic carbocycles. The molecule has 0 unspecified atom stereocenters. The van der Waals surface area contributed by atoms with E-state index >= 15 is 0 Å². The highest BCUT2D eigenvalue weighted by atomic mass is 32.2. The molecule has 0 atom stereocenters. The molecule has 2 heteroatoms. The number of thioether (sulfide) groups is 1. The Morgan fingerprint density at radius 1 is 0.889 bits per heavy atom. The molecular formula is C16H17OS. The average molecular weight is 257 g/mol. The van der Waals surface area contributed by atoms with Crippen LogP contribution >= 0.6 is 11.8 Å². The van der Waals surface area contributed by atoms with Crippen LogP contribution in [0.1, 0.15) is 6.42 Å². The van der Waals surface area contributed by atoms with Gasteiger partial charge in [-0.15, -0.1) is 11.8 Å². The van der Waals surface area contributed by atoms with Gasteiger partial charge in [-0.2, -0.15) is 0 Å². The van der Waals surface area contributed by atoms with Gasteiger partial charge in [0, 0.05) is 10.6 Å². The van der Waals surface area contributed by atoms with Crippen molar-refractivity contribution in [1.82, 2.24) is 0 Å². The molecule has 0 aromatic heterocycles. The van der Waals surface area contributed by atoms with Crippen molar-refractivity contribution in [2.45, 2.75) is 11.3 Å². The van der Waals surface area contributed by atoms with Gasteiger partial charge in [-0.05, 0) is 37.1 Å². The lowest BCUT2D eigenvalue weighted by Crippen LogP contribution is -1.98. The van der Waals surface area contributed by atoms with Gasteiger partial charge in [-0.3, -0.25) is 0 Å². The Labute approximate surface area is 113 Å². The Hall–Kier alpha value is -1.41. The van der Waals surface area contributed by atoms with Crippen LogP contribution in [0.2, 0.25) is 0 Å². The van der Waals surface area contributed by atoms with Gasteiger partial charge < -0.3 is 4.74 Å². The van der Waals surface area contributed by atoms with Crippen LogP contribution in [0, 0.1) is 6.42 Å². The molecule has 18 heavy (non-hydrogen) atoms. The fourth-order valence-corrected chi connectivity index (χ4v) is 2.36. The molecule has 2 aromatic rings. The maximum atomic E-state index is 5.62. The minimum atomic E-state index is 0.749. The standard InChI is InChI=1S/C16H17OS/c1-3-9-15(10-4-1)17-13-7-8-14-18-16-11-5-2-6-12-16/h1-6,8-12H,7,13-14H2. The molecule has 0 N–H and O–H groups in total. The summed E-state index contributed by atoms with van der Waals surface area (Å²) in [7, 11) is 0. The van der Waals surface area contributed by atoms with Crippen molar-refractivity contribution in [3.8, 4) is 5.75 Å². The van der Waals surface area contributed by atoms with E-state index in [1.165, 1.54) is 4.90 Å². The summed E-state index contributed by atoms with van der Waals surface area (Å²) in [4.78, 5) is 1.32. The predicted molar refractivity (Wildman–Crippen MR) is 78.0 cm³/mol. The summed E-state index contributed by atoms with van der Waals surface area (Å²) in [6.07, 6.45) is 3.25. The normalized spacial score (nSPS) is 10.2. The third-order valence-electron chi connectivity index (χ3n) is 2.44. The Kier molecular flexibility index (Phi) is 5.67. The summed E-state index contributed by atoms with van der Waals surface area (Å²) in [5.41, 5.74) is 0. The molecule has 0 fully saturated rings. The molecule has 2 rings (SSSR count). The zero-order valence-electron chi connectivity index (χ0n) is 10.3. The van der Waals surface area contributed by atoms with E-state index in [1.54, 1.807) is 0 Å². The van der Waals surface area contributed by atoms with Gasteiger partial charge in [-0.1, -0.05) is 36.4 Å². The number of ether oxygens (including phenoxy) is 1. The molecule has 93 valence electrons. The Morgan fingerprint density at radius 2 is 1.56 bits per heavy atom. The van der Waals surface area contributed by atoms with Gasteiger partial charge in [0.1, 0.15) is 5.75 Å². The molecule has 1 radical (unpaired) electrons. The summed E-state index contributed by atoms with van der Waals surface area (Å²) in [5.74, 6) is 1.98. The maximum Gasteiger partial charge on any atom is 0.119 e. The van der Waals surface area contributed by atoms with Crippen LogP contribution < -0.4 is 4.74 Å². The maximum absolute atomic E-state index is 5.62. The predicted octanol–water partition coefficient (Wildman–Crippen LogP) is 4.45. The summed E-state index contributed by atoms with van der Waals surface area (Å²) >= 11 is 1.86. The number of unbranched alkanes of at least 4 members (excludes halogenated alkanes) is 1. The highest BCUT2D eigenvalue weighted by Gasteiger charge is 1.95. The molecule has 0 heterocycles. The summed E-state index contributed by atoms with van der Waals surface area (Å²) in [5, 5.41) is 0. The molecule has 0 amide bonds. The zero-order chi connectivity index (χ0) is 12.5. The average Bonchev–Trinajstić information content (AvgIpc) is 2.45. The molecule has 0 saturated carbocycles. The van der Waals surface area contributed by atoms with Crippen LogP contribution in [0.15, 0.2) is 65.6 Å². The van der Waals surface area contributed by atoms with Gasteiger partial charge in [0.25, 0.3) is 0 Å². The quantitative estimate of drug-likeness (QED) is 0.535. The molecule has 1 nitrogen and oxygen atoms in total. The van der Waals surface area contributed by atoms with Crippen molar-refractivity contribution >= 4 is 11.8 Å². The first-order valence-electron chi connectivity index (χ1n) is 6.12. The second-order valence-electron chi connectivity index (χ2n) is 3.86. The molecule has 0 saturated heterocycles. The van der Waals surface area contributed by atoms with E-state index in [-0.39, 0.29) is 0 Å². The highest BCUT2D eigenvalue weighted by Crippen LogP contribution is 2.18. The lowest BCUT2D eigenvalue weighted by atomic mass is 10.3. The molecule has 0 bridgehead atoms. The van der Waals surface area contributed by atoms with Crippen LogP contribution in [-0.2, 0) is 0 Å². The molecule has 0 aliphatic heterocycles. The van der Waals surface area contributed by atoms with E-state index in [9.17, 15) is 0 Å². The zero-order valence-corrected chi connectivity index (χ0v) is 11.1. The molecule has 0 spiro atoms. The van der Waals surface area contributed by atoms with Crippen molar-refractivity contribution in [3.05, 3.63) is 67.1 Å². The Balaban J connectivity index is 1.54. The lowest BCUT2D eigenvalue weighted by molar-refractivity contribution is 0.321. The van der Waals surface area contributed by atoms with Crippen LogP contribution in [0.5, 0.6) is 5.75 Å². The van der Waals surface area contributed by atoms with Crippen LogP contribution in [0.4, 0.5) is 0 Å². The number of rotatable bonds is 7. The Morgan fingerprint density at radius 3 is 2.28 bits per heavy atom. The number of para-hydroxylation sites is 1. The third-order valence-corrected chi connectivity index (χ3v) is 3.45. The smallest absolute Gasteiger partial charge is 0.119 e. The van der Waals surface area contributed by atoms with Crippen LogP contribution in [0.25, 0.3) is 0 Å². The molecule has 0 aliphatic rings. The number of benzene rings is 2. The fraction of sp³-hybridized carbons (Fsp3) is 0.188. The number of hydrogen-bond acceptors (Lipinski definition) is 2. The Bertz CT molecular complexity index is 384. The topological polar surface area (TPSA) is 9.23 Å². The van der Waals surface area contributed by atoms with Crippen molar-refractivity contribution in [3.63, 3.8) is 0 Å². The van der Waals surface area contributed by atoms with Crippen molar-refractivity contribution in [1.29, 1.82) is 0 Å². The fourth-order valence-electron chi connectivity index (χ4n) is 1.53. The SMILES string of the molecule is [CH](CCOc1ccccc1)CSc1ccccc1. The lowest BCUT2D eigenvalue weighted by Gasteiger charge is -2.05. The van der Waals surface area contributed by atoms with E-state index in [0.29, 0.717) is 0 Å². The van der Waals surface area contributed by atoms with Crippen LogP contribution in [-0.4, -0.2) is 12.4 Å². The first-order valence-corrected chi connectivity index (χ1v) is 7.11. The summed E-state index contributed by atoms with van der Waals surface area (Å²) in [6, 6.07) is 20.4. The van der Waals surface area contributed by atoms with E-state index in [2.05, 4.69) is 30.7 Å². The second kappa shape index (κ2) is 7.83. The minimum Gasteiger partial charge on any atom is -0.494 e. The van der Waals surface area contributed by atoms with Gasteiger partial charge >= 0.3 is 0 Å². The second-order valence-corrected chi connectivity index (χ2v) is 4.96. The van der Waals surface area contributed by atoms with E-state index in [0.717, 1.165) is 24.5 Å². The molecule has 2 aromatic carbocycles. The molecular weight excluding hydrogens is 240 g/mol. The van der Waals surface area contributed by atoms with Gasteiger partial charge in [0.2, 0.25) is 0 Å². The largest absolute Gasteiger partial charge is 0.494 e. The van der Waals surface area contributed by atoms with Crippen molar-refractivity contribution in [2.24, 2.45) is 0 Å². The van der Waals surface area contributed by atoms with Crippen molar-refractivity contribution < 1.29 is 4.74 Å². The third kappa shape index (κ3) is 4.84. The first kappa shape index (κ1) is 13.0. The number of hydrogen-bond donors (Lipinski definition) is 0.